The van der Waals surface area contributed by atoms with Crippen molar-refractivity contribution in [2.45, 2.75) is 65.1 Å². The zero-order valence-electron chi connectivity index (χ0n) is 24.3. The molecule has 0 saturated carbocycles. The summed E-state index contributed by atoms with van der Waals surface area (Å²) in [7, 11) is 1.50. The highest BCUT2D eigenvalue weighted by Gasteiger charge is 2.33. The van der Waals surface area contributed by atoms with Gasteiger partial charge in [-0.3, -0.25) is 24.0 Å². The van der Waals surface area contributed by atoms with Gasteiger partial charge in [-0.15, -0.1) is 11.3 Å². The molecule has 41 heavy (non-hydrogen) atoms. The minimum Gasteiger partial charge on any atom is -0.353 e. The van der Waals surface area contributed by atoms with Gasteiger partial charge in [-0.25, -0.2) is 4.98 Å². The summed E-state index contributed by atoms with van der Waals surface area (Å²) in [6.45, 7) is 7.14. The Labute approximate surface area is 245 Å². The second kappa shape index (κ2) is 14.7. The van der Waals surface area contributed by atoms with E-state index >= 15 is 0 Å². The molecule has 3 N–H and O–H groups in total. The van der Waals surface area contributed by atoms with Gasteiger partial charge in [-0.05, 0) is 31.7 Å². The number of rotatable bonds is 6. The molecule has 2 aromatic rings. The van der Waals surface area contributed by atoms with E-state index in [4.69, 9.17) is 0 Å². The fourth-order valence-corrected chi connectivity index (χ4v) is 5.17. The van der Waals surface area contributed by atoms with E-state index in [0.717, 1.165) is 10.6 Å². The van der Waals surface area contributed by atoms with Gasteiger partial charge in [0.05, 0.1) is 23.7 Å². The molecule has 1 fully saturated rings. The summed E-state index contributed by atoms with van der Waals surface area (Å²) in [5.74, 6) is -2.09. The molecule has 11 nitrogen and oxygen atoms in total. The van der Waals surface area contributed by atoms with Gasteiger partial charge in [0.2, 0.25) is 29.5 Å². The number of aryl methyl sites for hydroxylation is 1. The Kier molecular flexibility index (Phi) is 11.4. The molecule has 2 heterocycles. The number of carbonyl (C=O) groups excluding carboxylic acids is 5. The average Bonchev–Trinajstić information content (AvgIpc) is 3.34. The number of carbonyl (C=O) groups is 5. The second-order valence-corrected chi connectivity index (χ2v) is 11.8. The van der Waals surface area contributed by atoms with E-state index in [-0.39, 0.29) is 44.3 Å². The Balaban J connectivity index is 1.89. The number of nitrogens with one attached hydrogen (secondary N) is 3. The van der Waals surface area contributed by atoms with E-state index < -0.39 is 41.8 Å². The molecule has 0 unspecified atom stereocenters. The molecule has 0 spiro atoms. The van der Waals surface area contributed by atoms with Crippen LogP contribution in [0.5, 0.6) is 0 Å². The maximum atomic E-state index is 13.5. The lowest BCUT2D eigenvalue weighted by Gasteiger charge is -2.30. The smallest absolute Gasteiger partial charge is 0.245 e. The van der Waals surface area contributed by atoms with Crippen LogP contribution in [-0.2, 0) is 36.8 Å². The molecule has 5 amide bonds. The van der Waals surface area contributed by atoms with Crippen LogP contribution in [0.25, 0.3) is 0 Å². The van der Waals surface area contributed by atoms with Crippen LogP contribution in [-0.4, -0.2) is 89.1 Å². The van der Waals surface area contributed by atoms with E-state index in [1.54, 1.807) is 12.3 Å². The third kappa shape index (κ3) is 9.38. The molecule has 3 rings (SSSR count). The summed E-state index contributed by atoms with van der Waals surface area (Å²) in [6.07, 6.45) is 0.601. The fourth-order valence-electron chi connectivity index (χ4n) is 4.56. The van der Waals surface area contributed by atoms with Gasteiger partial charge < -0.3 is 25.8 Å². The van der Waals surface area contributed by atoms with Crippen LogP contribution in [0.2, 0.25) is 0 Å². The Morgan fingerprint density at radius 2 is 1.78 bits per heavy atom. The normalized spacial score (nSPS) is 21.6. The number of thiazole rings is 1. The number of aromatic nitrogens is 1. The number of hydrogen-bond donors (Lipinski definition) is 3. The number of amides is 5. The Bertz CT molecular complexity index is 1230. The summed E-state index contributed by atoms with van der Waals surface area (Å²) in [6, 6.07) is 6.60. The van der Waals surface area contributed by atoms with Gasteiger partial charge in [0.15, 0.2) is 0 Å². The summed E-state index contributed by atoms with van der Waals surface area (Å²) >= 11 is 1.43. The summed E-state index contributed by atoms with van der Waals surface area (Å²) in [5.41, 5.74) is 1.46. The van der Waals surface area contributed by atoms with E-state index in [2.05, 4.69) is 20.9 Å². The van der Waals surface area contributed by atoms with Crippen LogP contribution < -0.4 is 16.0 Å². The average molecular weight is 585 g/mol. The molecule has 0 aliphatic carbocycles. The molecule has 1 aromatic heterocycles. The van der Waals surface area contributed by atoms with E-state index in [1.807, 2.05) is 51.1 Å². The van der Waals surface area contributed by atoms with E-state index in [0.29, 0.717) is 12.1 Å². The maximum absolute atomic E-state index is 13.5. The number of likely N-dealkylation sites (N-methyl/N-ethyl adjacent to an activating group) is 1. The highest BCUT2D eigenvalue weighted by molar-refractivity contribution is 7.09. The van der Waals surface area contributed by atoms with Crippen molar-refractivity contribution in [2.75, 3.05) is 26.7 Å². The van der Waals surface area contributed by atoms with Gasteiger partial charge >= 0.3 is 0 Å². The summed E-state index contributed by atoms with van der Waals surface area (Å²) in [4.78, 5) is 73.3. The fraction of sp³-hybridized carbons (Fsp3) is 0.517. The molecule has 222 valence electrons. The summed E-state index contributed by atoms with van der Waals surface area (Å²) in [5, 5.41) is 11.0. The predicted octanol–water partition coefficient (Wildman–Crippen LogP) is 1.06. The van der Waals surface area contributed by atoms with Crippen molar-refractivity contribution in [1.82, 2.24) is 30.7 Å². The van der Waals surface area contributed by atoms with Gasteiger partial charge in [-0.1, -0.05) is 44.2 Å². The third-order valence-corrected chi connectivity index (χ3v) is 7.75. The quantitative estimate of drug-likeness (QED) is 0.464. The minimum absolute atomic E-state index is 0.00681. The third-order valence-electron chi connectivity index (χ3n) is 6.93. The zero-order chi connectivity index (χ0) is 30.1. The first-order valence-electron chi connectivity index (χ1n) is 13.8. The summed E-state index contributed by atoms with van der Waals surface area (Å²) < 4.78 is 0. The van der Waals surface area contributed by atoms with Crippen molar-refractivity contribution in [1.29, 1.82) is 0 Å². The van der Waals surface area contributed by atoms with Crippen molar-refractivity contribution in [2.24, 2.45) is 5.92 Å². The highest BCUT2D eigenvalue weighted by Crippen LogP contribution is 2.13. The topological polar surface area (TPSA) is 141 Å². The number of nitrogens with zero attached hydrogens (tertiary/aromatic N) is 3. The Hall–Kier alpha value is -3.80. The zero-order valence-corrected chi connectivity index (χ0v) is 25.1. The van der Waals surface area contributed by atoms with Gasteiger partial charge in [0.25, 0.3) is 0 Å². The van der Waals surface area contributed by atoms with Crippen LogP contribution in [0, 0.1) is 12.8 Å². The van der Waals surface area contributed by atoms with Crippen molar-refractivity contribution in [3.8, 4) is 0 Å². The Morgan fingerprint density at radius 1 is 1.07 bits per heavy atom. The largest absolute Gasteiger partial charge is 0.353 e. The molecule has 3 atom stereocenters. The second-order valence-electron chi connectivity index (χ2n) is 10.8. The maximum Gasteiger partial charge on any atom is 0.245 e. The van der Waals surface area contributed by atoms with Crippen molar-refractivity contribution in [3.63, 3.8) is 0 Å². The van der Waals surface area contributed by atoms with Crippen LogP contribution >= 0.6 is 11.3 Å². The molecule has 12 heteroatoms. The number of hydrogen-bond acceptors (Lipinski definition) is 7. The lowest BCUT2D eigenvalue weighted by Crippen LogP contribution is -2.57. The van der Waals surface area contributed by atoms with Gasteiger partial charge in [0.1, 0.15) is 18.1 Å². The first-order chi connectivity index (χ1) is 19.4. The molecular weight excluding hydrogens is 544 g/mol. The van der Waals surface area contributed by atoms with E-state index in [9.17, 15) is 24.0 Å². The first kappa shape index (κ1) is 31.7. The molecule has 0 bridgehead atoms. The van der Waals surface area contributed by atoms with Gasteiger partial charge in [-0.2, -0.15) is 0 Å². The lowest BCUT2D eigenvalue weighted by atomic mass is 10.0. The molecule has 1 aliphatic heterocycles. The van der Waals surface area contributed by atoms with E-state index in [1.165, 1.54) is 28.2 Å². The van der Waals surface area contributed by atoms with Crippen molar-refractivity contribution in [3.05, 3.63) is 52.0 Å². The monoisotopic (exact) mass is 584 g/mol. The standard InChI is InChI=1S/C29H40N6O5S/c1-18(2)13-24-29(40)34(5)19(3)27(38)33-23(14-21-9-7-6-8-10-21)28(39)30-11-12-35(16-25(36)32-24)26(37)15-22-17-41-20(4)31-22/h6-10,17-19,23-24H,11-16H2,1-5H3,(H,30,39)(H,32,36)(H,33,38)/t19-,23-,24-/m0/s1. The van der Waals surface area contributed by atoms with Gasteiger partial charge in [0, 0.05) is 31.9 Å². The van der Waals surface area contributed by atoms with Crippen LogP contribution in [0.3, 0.4) is 0 Å². The van der Waals surface area contributed by atoms with Crippen molar-refractivity contribution >= 4 is 40.9 Å². The SMILES string of the molecule is Cc1nc(CC(=O)N2CCNC(=O)[C@H](Cc3ccccc3)NC(=O)[C@H](C)N(C)C(=O)[C@H](CC(C)C)NC(=O)C2)cs1. The van der Waals surface area contributed by atoms with Crippen LogP contribution in [0.1, 0.15) is 43.5 Å². The predicted molar refractivity (Wildman–Crippen MR) is 156 cm³/mol. The number of benzene rings is 1. The lowest BCUT2D eigenvalue weighted by molar-refractivity contribution is -0.142. The van der Waals surface area contributed by atoms with Crippen LogP contribution in [0.15, 0.2) is 35.7 Å². The molecule has 1 aromatic carbocycles. The first-order valence-corrected chi connectivity index (χ1v) is 14.7. The molecule has 1 saturated heterocycles. The van der Waals surface area contributed by atoms with Crippen LogP contribution in [0.4, 0.5) is 0 Å². The molecule has 1 aliphatic rings. The minimum atomic E-state index is -0.908. The highest BCUT2D eigenvalue weighted by atomic mass is 32.1. The van der Waals surface area contributed by atoms with Crippen molar-refractivity contribution < 1.29 is 24.0 Å². The molecule has 0 radical (unpaired) electrons. The molecular formula is C29H40N6O5S. The Morgan fingerprint density at radius 3 is 2.41 bits per heavy atom.